The number of hydrogen-bond donors (Lipinski definition) is 1. The molecule has 0 radical (unpaired) electrons. The predicted molar refractivity (Wildman–Crippen MR) is 88.6 cm³/mol. The van der Waals surface area contributed by atoms with Crippen molar-refractivity contribution in [2.45, 2.75) is 45.2 Å². The van der Waals surface area contributed by atoms with Gasteiger partial charge in [-0.3, -0.25) is 0 Å². The molecule has 0 saturated carbocycles. The van der Waals surface area contributed by atoms with Crippen LogP contribution >= 0.6 is 27.3 Å². The third-order valence-electron chi connectivity index (χ3n) is 2.77. The molecule has 0 aliphatic carbocycles. The molecule has 20 heavy (non-hydrogen) atoms. The van der Waals surface area contributed by atoms with E-state index in [1.807, 2.05) is 34.7 Å². The highest BCUT2D eigenvalue weighted by molar-refractivity contribution is 9.11. The van der Waals surface area contributed by atoms with Crippen LogP contribution in [0.3, 0.4) is 0 Å². The van der Waals surface area contributed by atoms with Crippen molar-refractivity contribution in [2.24, 2.45) is 5.92 Å². The first-order valence-electron chi connectivity index (χ1n) is 6.64. The van der Waals surface area contributed by atoms with Crippen LogP contribution in [0, 0.1) is 5.92 Å². The van der Waals surface area contributed by atoms with Crippen molar-refractivity contribution in [3.8, 4) is 0 Å². The van der Waals surface area contributed by atoms with Gasteiger partial charge in [0.05, 0.1) is 3.79 Å². The lowest BCUT2D eigenvalue weighted by Crippen LogP contribution is -2.39. The molecule has 0 amide bonds. The Labute approximate surface area is 134 Å². The molecule has 1 rings (SSSR count). The summed E-state index contributed by atoms with van der Waals surface area (Å²) < 4.78 is 27.9. The molecule has 1 N–H and O–H groups in total. The molecular formula is C13H23BrN2O2S2. The van der Waals surface area contributed by atoms with Gasteiger partial charge in [-0.1, -0.05) is 13.8 Å². The summed E-state index contributed by atoms with van der Waals surface area (Å²) >= 11 is 4.85. The summed E-state index contributed by atoms with van der Waals surface area (Å²) in [7, 11) is -1.61. The summed E-state index contributed by atoms with van der Waals surface area (Å²) in [6.45, 7) is 9.08. The highest BCUT2D eigenvalue weighted by Crippen LogP contribution is 2.34. The van der Waals surface area contributed by atoms with Gasteiger partial charge in [-0.05, 0) is 48.8 Å². The molecule has 4 nitrogen and oxygen atoms in total. The molecule has 0 spiro atoms. The Hall–Kier alpha value is 0.0500. The monoisotopic (exact) mass is 382 g/mol. The second kappa shape index (κ2) is 7.35. The van der Waals surface area contributed by atoms with Crippen LogP contribution < -0.4 is 5.32 Å². The van der Waals surface area contributed by atoms with Gasteiger partial charge < -0.3 is 5.32 Å². The molecule has 0 saturated heterocycles. The van der Waals surface area contributed by atoms with E-state index in [0.717, 1.165) is 4.88 Å². The van der Waals surface area contributed by atoms with Gasteiger partial charge in [0, 0.05) is 24.0 Å². The first kappa shape index (κ1) is 18.1. The highest BCUT2D eigenvalue weighted by atomic mass is 79.9. The Morgan fingerprint density at radius 3 is 2.40 bits per heavy atom. The molecule has 0 fully saturated rings. The Bertz CT molecular complexity index is 539. The van der Waals surface area contributed by atoms with Crippen molar-refractivity contribution in [2.75, 3.05) is 13.6 Å². The van der Waals surface area contributed by atoms with Crippen LogP contribution in [0.25, 0.3) is 0 Å². The van der Waals surface area contributed by atoms with E-state index in [4.69, 9.17) is 0 Å². The number of rotatable bonds is 7. The third kappa shape index (κ3) is 4.27. The quantitative estimate of drug-likeness (QED) is 0.786. The molecule has 1 aromatic rings. The number of halogens is 1. The smallest absolute Gasteiger partial charge is 0.245 e. The zero-order valence-corrected chi connectivity index (χ0v) is 15.8. The molecule has 116 valence electrons. The molecule has 0 atom stereocenters. The third-order valence-corrected chi connectivity index (χ3v) is 7.06. The summed E-state index contributed by atoms with van der Waals surface area (Å²) in [5, 5.41) is 3.04. The molecule has 1 aromatic heterocycles. The largest absolute Gasteiger partial charge is 0.315 e. The maximum Gasteiger partial charge on any atom is 0.245 e. The lowest BCUT2D eigenvalue weighted by Gasteiger charge is -2.27. The maximum atomic E-state index is 12.8. The molecule has 0 aromatic carbocycles. The highest BCUT2D eigenvalue weighted by Gasteiger charge is 2.30. The second-order valence-corrected chi connectivity index (χ2v) is 9.76. The lowest BCUT2D eigenvalue weighted by molar-refractivity contribution is 0.319. The topological polar surface area (TPSA) is 49.4 Å². The maximum absolute atomic E-state index is 12.8. The minimum absolute atomic E-state index is 0.0537. The Morgan fingerprint density at radius 1 is 1.35 bits per heavy atom. The van der Waals surface area contributed by atoms with E-state index in [9.17, 15) is 8.42 Å². The summed E-state index contributed by atoms with van der Waals surface area (Å²) in [6, 6.07) is 1.71. The van der Waals surface area contributed by atoms with E-state index in [2.05, 4.69) is 21.2 Å². The van der Waals surface area contributed by atoms with Crippen molar-refractivity contribution < 1.29 is 8.42 Å². The molecule has 1 heterocycles. The zero-order chi connectivity index (χ0) is 15.5. The SMILES string of the molecule is CNCc1cc(S(=O)(=O)N(CC(C)C)C(C)C)c(Br)s1. The second-order valence-electron chi connectivity index (χ2n) is 5.44. The van der Waals surface area contributed by atoms with Crippen molar-refractivity contribution in [1.82, 2.24) is 9.62 Å². The van der Waals surface area contributed by atoms with E-state index < -0.39 is 10.0 Å². The average molecular weight is 383 g/mol. The minimum Gasteiger partial charge on any atom is -0.315 e. The fourth-order valence-electron chi connectivity index (χ4n) is 1.91. The molecule has 0 unspecified atom stereocenters. The zero-order valence-electron chi connectivity index (χ0n) is 12.6. The summed E-state index contributed by atoms with van der Waals surface area (Å²) in [5.41, 5.74) is 0. The Kier molecular flexibility index (Phi) is 6.66. The number of nitrogens with zero attached hydrogens (tertiary/aromatic N) is 1. The summed E-state index contributed by atoms with van der Waals surface area (Å²) in [6.07, 6.45) is 0. The van der Waals surface area contributed by atoms with Crippen molar-refractivity contribution >= 4 is 37.3 Å². The van der Waals surface area contributed by atoms with Crippen molar-refractivity contribution in [3.05, 3.63) is 14.7 Å². The Balaban J connectivity index is 3.19. The lowest BCUT2D eigenvalue weighted by atomic mass is 10.2. The van der Waals surface area contributed by atoms with Gasteiger partial charge >= 0.3 is 0 Å². The van der Waals surface area contributed by atoms with Gasteiger partial charge in [0.15, 0.2) is 0 Å². The van der Waals surface area contributed by atoms with Gasteiger partial charge in [-0.2, -0.15) is 4.31 Å². The number of hydrogen-bond acceptors (Lipinski definition) is 4. The number of sulfonamides is 1. The van der Waals surface area contributed by atoms with Gasteiger partial charge in [-0.25, -0.2) is 8.42 Å². The average Bonchev–Trinajstić information content (AvgIpc) is 2.67. The first-order chi connectivity index (χ1) is 9.20. The Morgan fingerprint density at radius 2 is 1.95 bits per heavy atom. The summed E-state index contributed by atoms with van der Waals surface area (Å²) in [5.74, 6) is 0.293. The predicted octanol–water partition coefficient (Wildman–Crippen LogP) is 3.29. The van der Waals surface area contributed by atoms with Crippen LogP contribution in [0.1, 0.15) is 32.6 Å². The van der Waals surface area contributed by atoms with Crippen LogP contribution in [-0.4, -0.2) is 32.4 Å². The summed E-state index contributed by atoms with van der Waals surface area (Å²) in [4.78, 5) is 1.38. The van der Waals surface area contributed by atoms with Gasteiger partial charge in [-0.15, -0.1) is 11.3 Å². The van der Waals surface area contributed by atoms with Crippen LogP contribution in [0.2, 0.25) is 0 Å². The van der Waals surface area contributed by atoms with Gasteiger partial charge in [0.2, 0.25) is 10.0 Å². The molecule has 0 bridgehead atoms. The molecule has 7 heteroatoms. The number of thiophene rings is 1. The molecular weight excluding hydrogens is 360 g/mol. The fraction of sp³-hybridized carbons (Fsp3) is 0.692. The van der Waals surface area contributed by atoms with E-state index >= 15 is 0 Å². The number of nitrogens with one attached hydrogen (secondary N) is 1. The fourth-order valence-corrected chi connectivity index (χ4v) is 6.35. The van der Waals surface area contributed by atoms with Crippen LogP contribution in [0.5, 0.6) is 0 Å². The van der Waals surface area contributed by atoms with E-state index in [1.165, 1.54) is 11.3 Å². The first-order valence-corrected chi connectivity index (χ1v) is 9.69. The van der Waals surface area contributed by atoms with Crippen molar-refractivity contribution in [1.29, 1.82) is 0 Å². The standard InChI is InChI=1S/C13H23BrN2O2S2/c1-9(2)8-16(10(3)4)20(17,18)12-6-11(7-15-5)19-13(12)14/h6,9-10,15H,7-8H2,1-5H3. The molecule has 0 aliphatic rings. The van der Waals surface area contributed by atoms with Crippen LogP contribution in [0.4, 0.5) is 0 Å². The van der Waals surface area contributed by atoms with Crippen molar-refractivity contribution in [3.63, 3.8) is 0 Å². The van der Waals surface area contributed by atoms with E-state index in [1.54, 1.807) is 10.4 Å². The van der Waals surface area contributed by atoms with Crippen LogP contribution in [-0.2, 0) is 16.6 Å². The van der Waals surface area contributed by atoms with E-state index in [0.29, 0.717) is 27.7 Å². The normalized spacial score (nSPS) is 12.8. The minimum atomic E-state index is -3.45. The van der Waals surface area contributed by atoms with Gasteiger partial charge in [0.25, 0.3) is 0 Å². The van der Waals surface area contributed by atoms with Crippen LogP contribution in [0.15, 0.2) is 14.7 Å². The van der Waals surface area contributed by atoms with Gasteiger partial charge in [0.1, 0.15) is 4.90 Å². The molecule has 0 aliphatic heterocycles. The van der Waals surface area contributed by atoms with E-state index in [-0.39, 0.29) is 6.04 Å².